The van der Waals surface area contributed by atoms with Crippen molar-refractivity contribution in [1.82, 2.24) is 4.31 Å². The van der Waals surface area contributed by atoms with Gasteiger partial charge in [0.1, 0.15) is 17.8 Å². The van der Waals surface area contributed by atoms with Crippen LogP contribution in [0.5, 0.6) is 5.75 Å². The third-order valence-electron chi connectivity index (χ3n) is 5.13. The number of fused-ring (bicyclic) bond motifs is 1. The number of thioether (sulfide) groups is 1. The van der Waals surface area contributed by atoms with Crippen LogP contribution >= 0.6 is 23.7 Å². The normalized spacial score (nSPS) is 17.3. The number of carbonyl (C=O) groups is 1. The highest BCUT2D eigenvalue weighted by molar-refractivity contribution is 7.98. The Kier molecular flexibility index (Phi) is 8.40. The molecule has 2 aromatic rings. The number of allylic oxidation sites excluding steroid dienone is 1. The van der Waals surface area contributed by atoms with Crippen molar-refractivity contribution in [3.63, 3.8) is 0 Å². The van der Waals surface area contributed by atoms with Gasteiger partial charge < -0.3 is 9.64 Å². The molecule has 31 heavy (non-hydrogen) atoms. The topological polar surface area (TPSA) is 32.8 Å². The second-order valence-electron chi connectivity index (χ2n) is 7.23. The van der Waals surface area contributed by atoms with E-state index in [9.17, 15) is 13.6 Å². The monoisotopic (exact) mass is 464 g/mol. The van der Waals surface area contributed by atoms with Crippen LogP contribution in [0.15, 0.2) is 58.3 Å². The highest BCUT2D eigenvalue weighted by Gasteiger charge is 2.28. The Morgan fingerprint density at radius 2 is 2.06 bits per heavy atom. The molecule has 0 amide bonds. The van der Waals surface area contributed by atoms with Crippen molar-refractivity contribution in [3.05, 3.63) is 54.3 Å². The van der Waals surface area contributed by atoms with Gasteiger partial charge in [0.15, 0.2) is 12.1 Å². The van der Waals surface area contributed by atoms with Gasteiger partial charge in [-0.1, -0.05) is 19.8 Å². The molecule has 4 nitrogen and oxygen atoms in total. The minimum atomic E-state index is -0.973. The largest absolute Gasteiger partial charge is 0.461 e. The van der Waals surface area contributed by atoms with E-state index in [1.807, 2.05) is 18.4 Å². The summed E-state index contributed by atoms with van der Waals surface area (Å²) in [5, 5.41) is 0. The molecule has 0 saturated carbocycles. The molecular formula is C23H26F2N2O2S2. The molecule has 2 aromatic carbocycles. The number of aldehydes is 1. The second-order valence-corrected chi connectivity index (χ2v) is 9.28. The van der Waals surface area contributed by atoms with E-state index in [2.05, 4.69) is 23.2 Å². The van der Waals surface area contributed by atoms with Gasteiger partial charge in [0, 0.05) is 18.3 Å². The van der Waals surface area contributed by atoms with Gasteiger partial charge in [0.05, 0.1) is 15.5 Å². The molecule has 0 spiro atoms. The predicted octanol–water partition coefficient (Wildman–Crippen LogP) is 6.59. The molecule has 1 atom stereocenters. The molecule has 1 aliphatic rings. The van der Waals surface area contributed by atoms with E-state index in [-0.39, 0.29) is 18.1 Å². The summed E-state index contributed by atoms with van der Waals surface area (Å²) in [5.41, 5.74) is 1.90. The van der Waals surface area contributed by atoms with E-state index in [1.54, 1.807) is 24.1 Å². The first kappa shape index (κ1) is 23.6. The molecule has 0 aliphatic carbocycles. The number of anilines is 2. The van der Waals surface area contributed by atoms with Crippen LogP contribution in [0.2, 0.25) is 0 Å². The maximum absolute atomic E-state index is 13.6. The van der Waals surface area contributed by atoms with E-state index < -0.39 is 5.83 Å². The molecule has 3 rings (SSSR count). The number of carbonyl (C=O) groups excluding carboxylic acids is 1. The first-order valence-electron chi connectivity index (χ1n) is 10.1. The van der Waals surface area contributed by atoms with Gasteiger partial charge in [-0.05, 0) is 68.1 Å². The summed E-state index contributed by atoms with van der Waals surface area (Å²) < 4.78 is 34.6. The Hall–Kier alpha value is -2.03. The number of nitrogens with zero attached hydrogens (tertiary/aromatic N) is 2. The van der Waals surface area contributed by atoms with Crippen molar-refractivity contribution in [1.29, 1.82) is 0 Å². The number of unbranched alkanes of at least 4 members (excludes halogenated alkanes) is 1. The van der Waals surface area contributed by atoms with E-state index in [4.69, 9.17) is 4.74 Å². The van der Waals surface area contributed by atoms with Crippen LogP contribution in [0.4, 0.5) is 20.2 Å². The zero-order chi connectivity index (χ0) is 22.4. The van der Waals surface area contributed by atoms with Crippen molar-refractivity contribution >= 4 is 41.4 Å². The zero-order valence-electron chi connectivity index (χ0n) is 17.8. The van der Waals surface area contributed by atoms with Gasteiger partial charge in [-0.15, -0.1) is 11.8 Å². The number of benzene rings is 2. The Labute approximate surface area is 190 Å². The molecule has 1 unspecified atom stereocenters. The second kappa shape index (κ2) is 11.0. The van der Waals surface area contributed by atoms with Crippen LogP contribution in [-0.4, -0.2) is 36.5 Å². The summed E-state index contributed by atoms with van der Waals surface area (Å²) >= 11 is 3.09. The SMILES string of the molecule is CCCCC1CN(c2ccc(F)cc2)c2cc(SC)c(O/C=C(\F)C=O)cc2SN1C. The molecule has 166 valence electrons. The number of halogens is 2. The first-order chi connectivity index (χ1) is 15.0. The van der Waals surface area contributed by atoms with Gasteiger partial charge in [0.2, 0.25) is 0 Å². The lowest BCUT2D eigenvalue weighted by Crippen LogP contribution is -2.35. The molecule has 0 radical (unpaired) electrons. The fourth-order valence-corrected chi connectivity index (χ4v) is 5.04. The van der Waals surface area contributed by atoms with Gasteiger partial charge in [-0.25, -0.2) is 8.70 Å². The quantitative estimate of drug-likeness (QED) is 0.144. The van der Waals surface area contributed by atoms with Gasteiger partial charge in [-0.3, -0.25) is 4.79 Å². The van der Waals surface area contributed by atoms with Crippen LogP contribution in [0.1, 0.15) is 26.2 Å². The Morgan fingerprint density at radius 3 is 2.71 bits per heavy atom. The maximum atomic E-state index is 13.6. The van der Waals surface area contributed by atoms with Crippen LogP contribution in [0.25, 0.3) is 0 Å². The van der Waals surface area contributed by atoms with Crippen molar-refractivity contribution in [3.8, 4) is 5.75 Å². The van der Waals surface area contributed by atoms with E-state index in [0.717, 1.165) is 53.2 Å². The summed E-state index contributed by atoms with van der Waals surface area (Å²) in [6, 6.07) is 10.7. The number of hydrogen-bond acceptors (Lipinski definition) is 6. The van der Waals surface area contributed by atoms with Crippen LogP contribution in [0.3, 0.4) is 0 Å². The van der Waals surface area contributed by atoms with Gasteiger partial charge in [-0.2, -0.15) is 4.39 Å². The Balaban J connectivity index is 2.08. The minimum Gasteiger partial charge on any atom is -0.461 e. The van der Waals surface area contributed by atoms with Crippen LogP contribution in [-0.2, 0) is 4.79 Å². The van der Waals surface area contributed by atoms with Crippen molar-refractivity contribution in [2.75, 3.05) is 24.7 Å². The van der Waals surface area contributed by atoms with Gasteiger partial charge in [0.25, 0.3) is 0 Å². The highest BCUT2D eigenvalue weighted by atomic mass is 32.2. The molecule has 0 bridgehead atoms. The highest BCUT2D eigenvalue weighted by Crippen LogP contribution is 2.45. The zero-order valence-corrected chi connectivity index (χ0v) is 19.4. The summed E-state index contributed by atoms with van der Waals surface area (Å²) in [6.07, 6.45) is 6.11. The molecular weight excluding hydrogens is 438 g/mol. The standard InChI is InChI=1S/C23H26F2N2O2S2/c1-4-5-6-19-13-27(18-9-7-16(24)8-10-18)20-11-23(30-3)21(29-15-17(25)14-28)12-22(20)31-26(19)2/h7-12,14-15,19H,4-6,13H2,1-3H3/b17-15-. The first-order valence-corrected chi connectivity index (χ1v) is 12.1. The summed E-state index contributed by atoms with van der Waals surface area (Å²) in [5.74, 6) is -0.764. The van der Waals surface area contributed by atoms with Gasteiger partial charge >= 0.3 is 0 Å². The third kappa shape index (κ3) is 5.81. The van der Waals surface area contributed by atoms with Crippen molar-refractivity contribution < 1.29 is 18.3 Å². The number of hydrogen-bond donors (Lipinski definition) is 0. The van der Waals surface area contributed by atoms with Crippen molar-refractivity contribution in [2.24, 2.45) is 0 Å². The molecule has 0 N–H and O–H groups in total. The molecule has 0 aromatic heterocycles. The number of ether oxygens (including phenoxy) is 1. The maximum Gasteiger partial charge on any atom is 0.197 e. The molecule has 1 aliphatic heterocycles. The lowest BCUT2D eigenvalue weighted by molar-refractivity contribution is -0.106. The molecule has 0 fully saturated rings. The average molecular weight is 465 g/mol. The van der Waals surface area contributed by atoms with E-state index in [0.29, 0.717) is 5.75 Å². The summed E-state index contributed by atoms with van der Waals surface area (Å²) in [7, 11) is 2.07. The lowest BCUT2D eigenvalue weighted by atomic mass is 10.1. The fraction of sp³-hybridized carbons (Fsp3) is 0.348. The smallest absolute Gasteiger partial charge is 0.197 e. The Morgan fingerprint density at radius 1 is 1.32 bits per heavy atom. The number of rotatable bonds is 8. The summed E-state index contributed by atoms with van der Waals surface area (Å²) in [4.78, 5) is 14.5. The average Bonchev–Trinajstić information content (AvgIpc) is 2.91. The lowest BCUT2D eigenvalue weighted by Gasteiger charge is -2.30. The molecule has 1 heterocycles. The predicted molar refractivity (Wildman–Crippen MR) is 124 cm³/mol. The fourth-order valence-electron chi connectivity index (χ4n) is 3.45. The third-order valence-corrected chi connectivity index (χ3v) is 6.99. The van der Waals surface area contributed by atoms with E-state index in [1.165, 1.54) is 23.9 Å². The minimum absolute atomic E-state index is 0.110. The molecule has 8 heteroatoms. The number of likely N-dealkylation sites (N-methyl/N-ethyl adjacent to an activating group) is 1. The summed E-state index contributed by atoms with van der Waals surface area (Å²) in [6.45, 7) is 2.94. The van der Waals surface area contributed by atoms with Crippen LogP contribution in [0, 0.1) is 5.82 Å². The van der Waals surface area contributed by atoms with Crippen molar-refractivity contribution in [2.45, 2.75) is 42.0 Å². The Bertz CT molecular complexity index is 938. The van der Waals surface area contributed by atoms with Crippen LogP contribution < -0.4 is 9.64 Å². The van der Waals surface area contributed by atoms with E-state index >= 15 is 0 Å². The molecule has 0 saturated heterocycles.